The molecule has 0 aliphatic heterocycles. The molecule has 124 valence electrons. The third-order valence-electron chi connectivity index (χ3n) is 3.41. The number of benzene rings is 1. The second-order valence-corrected chi connectivity index (χ2v) is 6.10. The van der Waals surface area contributed by atoms with Gasteiger partial charge in [0.2, 0.25) is 11.7 Å². The van der Waals surface area contributed by atoms with Crippen LogP contribution in [-0.2, 0) is 11.3 Å². The lowest BCUT2D eigenvalue weighted by Crippen LogP contribution is -2.48. The van der Waals surface area contributed by atoms with Crippen molar-refractivity contribution in [1.29, 1.82) is 0 Å². The third-order valence-corrected chi connectivity index (χ3v) is 3.41. The predicted molar refractivity (Wildman–Crippen MR) is 85.4 cm³/mol. The summed E-state index contributed by atoms with van der Waals surface area (Å²) in [4.78, 5) is 12.1. The van der Waals surface area contributed by atoms with E-state index in [2.05, 4.69) is 5.32 Å². The van der Waals surface area contributed by atoms with Crippen LogP contribution in [0.2, 0.25) is 0 Å². The van der Waals surface area contributed by atoms with Gasteiger partial charge in [-0.15, -0.1) is 0 Å². The van der Waals surface area contributed by atoms with Gasteiger partial charge in [0.1, 0.15) is 0 Å². The monoisotopic (exact) mass is 310 g/mol. The fourth-order valence-corrected chi connectivity index (χ4v) is 1.93. The Labute approximate surface area is 131 Å². The second kappa shape index (κ2) is 7.35. The Hall–Kier alpha value is -1.95. The summed E-state index contributed by atoms with van der Waals surface area (Å²) in [5.41, 5.74) is 6.48. The second-order valence-electron chi connectivity index (χ2n) is 6.10. The summed E-state index contributed by atoms with van der Waals surface area (Å²) in [6, 6.07) is 3.02. The van der Waals surface area contributed by atoms with Crippen molar-refractivity contribution in [3.05, 3.63) is 17.7 Å². The minimum atomic E-state index is -0.575. The summed E-state index contributed by atoms with van der Waals surface area (Å²) in [7, 11) is 4.65. The fourth-order valence-electron chi connectivity index (χ4n) is 1.93. The molecule has 1 amide bonds. The van der Waals surface area contributed by atoms with Gasteiger partial charge in [0.15, 0.2) is 11.5 Å². The van der Waals surface area contributed by atoms with Crippen LogP contribution in [0.1, 0.15) is 26.3 Å². The molecule has 0 fully saturated rings. The van der Waals surface area contributed by atoms with E-state index >= 15 is 0 Å². The molecule has 0 radical (unpaired) electrons. The lowest BCUT2D eigenvalue weighted by molar-refractivity contribution is -0.124. The first-order valence-corrected chi connectivity index (χ1v) is 7.06. The van der Waals surface area contributed by atoms with Crippen molar-refractivity contribution in [2.75, 3.05) is 21.3 Å². The molecule has 0 bridgehead atoms. The normalized spacial score (nSPS) is 12.5. The Morgan fingerprint density at radius 2 is 1.64 bits per heavy atom. The lowest BCUT2D eigenvalue weighted by Gasteiger charge is -2.26. The van der Waals surface area contributed by atoms with E-state index in [-0.39, 0.29) is 11.3 Å². The smallest absolute Gasteiger partial charge is 0.237 e. The molecular formula is C16H26N2O4. The van der Waals surface area contributed by atoms with Gasteiger partial charge in [-0.3, -0.25) is 4.79 Å². The van der Waals surface area contributed by atoms with Gasteiger partial charge in [0.05, 0.1) is 27.4 Å². The number of rotatable bonds is 6. The van der Waals surface area contributed by atoms with Gasteiger partial charge in [-0.1, -0.05) is 20.8 Å². The summed E-state index contributed by atoms with van der Waals surface area (Å²) in [5, 5.41) is 2.83. The van der Waals surface area contributed by atoms with E-state index in [0.717, 1.165) is 5.56 Å². The van der Waals surface area contributed by atoms with Crippen molar-refractivity contribution in [3.63, 3.8) is 0 Å². The Morgan fingerprint density at radius 3 is 2.00 bits per heavy atom. The molecule has 0 aliphatic carbocycles. The maximum atomic E-state index is 12.1. The molecule has 0 unspecified atom stereocenters. The number of nitrogens with one attached hydrogen (secondary N) is 1. The molecule has 3 N–H and O–H groups in total. The molecule has 0 spiro atoms. The molecular weight excluding hydrogens is 284 g/mol. The van der Waals surface area contributed by atoms with Crippen molar-refractivity contribution in [2.24, 2.45) is 11.1 Å². The van der Waals surface area contributed by atoms with Crippen molar-refractivity contribution < 1.29 is 19.0 Å². The number of ether oxygens (including phenoxy) is 3. The Kier molecular flexibility index (Phi) is 6.05. The molecule has 1 aromatic carbocycles. The highest BCUT2D eigenvalue weighted by atomic mass is 16.5. The predicted octanol–water partition coefficient (Wildman–Crippen LogP) is 1.70. The minimum Gasteiger partial charge on any atom is -0.493 e. The average molecular weight is 310 g/mol. The SMILES string of the molecule is COc1cc(CNC(=O)[C@@H](N)C(C)(C)C)cc(OC)c1OC. The van der Waals surface area contributed by atoms with Gasteiger partial charge in [0, 0.05) is 6.54 Å². The van der Waals surface area contributed by atoms with Crippen LogP contribution in [0.25, 0.3) is 0 Å². The number of amides is 1. The van der Waals surface area contributed by atoms with Gasteiger partial charge < -0.3 is 25.3 Å². The van der Waals surface area contributed by atoms with Gasteiger partial charge in [-0.2, -0.15) is 0 Å². The molecule has 22 heavy (non-hydrogen) atoms. The minimum absolute atomic E-state index is 0.193. The molecule has 0 saturated heterocycles. The first-order chi connectivity index (χ1) is 10.2. The third kappa shape index (κ3) is 4.27. The molecule has 1 atom stereocenters. The summed E-state index contributed by atoms with van der Waals surface area (Å²) in [6.45, 7) is 6.11. The number of nitrogens with two attached hydrogens (primary N) is 1. The maximum absolute atomic E-state index is 12.1. The average Bonchev–Trinajstić information content (AvgIpc) is 2.49. The highest BCUT2D eigenvalue weighted by Gasteiger charge is 2.27. The summed E-state index contributed by atoms with van der Waals surface area (Å²) in [5.74, 6) is 1.42. The lowest BCUT2D eigenvalue weighted by atomic mass is 9.87. The first-order valence-electron chi connectivity index (χ1n) is 7.06. The van der Waals surface area contributed by atoms with Crippen LogP contribution < -0.4 is 25.3 Å². The largest absolute Gasteiger partial charge is 0.493 e. The van der Waals surface area contributed by atoms with E-state index in [9.17, 15) is 4.79 Å². The van der Waals surface area contributed by atoms with E-state index in [1.54, 1.807) is 33.5 Å². The zero-order valence-electron chi connectivity index (χ0n) is 14.1. The van der Waals surface area contributed by atoms with Crippen molar-refractivity contribution in [1.82, 2.24) is 5.32 Å². The number of hydrogen-bond acceptors (Lipinski definition) is 5. The van der Waals surface area contributed by atoms with Gasteiger partial charge in [-0.25, -0.2) is 0 Å². The molecule has 6 heteroatoms. The Balaban J connectivity index is 2.89. The van der Waals surface area contributed by atoms with Crippen LogP contribution in [-0.4, -0.2) is 33.3 Å². The highest BCUT2D eigenvalue weighted by Crippen LogP contribution is 2.38. The Morgan fingerprint density at radius 1 is 1.14 bits per heavy atom. The maximum Gasteiger partial charge on any atom is 0.237 e. The van der Waals surface area contributed by atoms with E-state index in [1.807, 2.05) is 20.8 Å². The molecule has 1 aromatic rings. The Bertz CT molecular complexity index is 498. The van der Waals surface area contributed by atoms with Gasteiger partial charge >= 0.3 is 0 Å². The first kappa shape index (κ1) is 18.1. The number of methoxy groups -OCH3 is 3. The van der Waals surface area contributed by atoms with Crippen LogP contribution in [0.4, 0.5) is 0 Å². The molecule has 0 heterocycles. The summed E-state index contributed by atoms with van der Waals surface area (Å²) >= 11 is 0. The van der Waals surface area contributed by atoms with Crippen molar-refractivity contribution >= 4 is 5.91 Å². The molecule has 0 aromatic heterocycles. The zero-order chi connectivity index (χ0) is 16.9. The number of carbonyl (C=O) groups is 1. The zero-order valence-corrected chi connectivity index (χ0v) is 14.1. The number of hydrogen-bond donors (Lipinski definition) is 2. The number of carbonyl (C=O) groups excluding carboxylic acids is 1. The standard InChI is InChI=1S/C16H26N2O4/c1-16(2,3)14(17)15(19)18-9-10-7-11(20-4)13(22-6)12(8-10)21-5/h7-8,14H,9,17H2,1-6H3,(H,18,19)/t14-/m1/s1. The van der Waals surface area contributed by atoms with E-state index in [0.29, 0.717) is 23.8 Å². The van der Waals surface area contributed by atoms with Crippen LogP contribution >= 0.6 is 0 Å². The van der Waals surface area contributed by atoms with Crippen molar-refractivity contribution in [2.45, 2.75) is 33.4 Å². The fraction of sp³-hybridized carbons (Fsp3) is 0.562. The summed E-state index contributed by atoms with van der Waals surface area (Å²) < 4.78 is 15.8. The van der Waals surface area contributed by atoms with Crippen molar-refractivity contribution in [3.8, 4) is 17.2 Å². The van der Waals surface area contributed by atoms with Crippen LogP contribution in [0.5, 0.6) is 17.2 Å². The van der Waals surface area contributed by atoms with Gasteiger partial charge in [0.25, 0.3) is 0 Å². The van der Waals surface area contributed by atoms with Crippen LogP contribution in [0.3, 0.4) is 0 Å². The molecule has 0 saturated carbocycles. The highest BCUT2D eigenvalue weighted by molar-refractivity contribution is 5.82. The van der Waals surface area contributed by atoms with E-state index < -0.39 is 6.04 Å². The molecule has 1 rings (SSSR count). The van der Waals surface area contributed by atoms with E-state index in [1.165, 1.54) is 0 Å². The van der Waals surface area contributed by atoms with E-state index in [4.69, 9.17) is 19.9 Å². The summed E-state index contributed by atoms with van der Waals surface area (Å²) in [6.07, 6.45) is 0. The quantitative estimate of drug-likeness (QED) is 0.835. The molecule has 0 aliphatic rings. The molecule has 6 nitrogen and oxygen atoms in total. The van der Waals surface area contributed by atoms with Crippen LogP contribution in [0, 0.1) is 5.41 Å². The topological polar surface area (TPSA) is 82.8 Å². The van der Waals surface area contributed by atoms with Crippen LogP contribution in [0.15, 0.2) is 12.1 Å². The van der Waals surface area contributed by atoms with Gasteiger partial charge in [-0.05, 0) is 23.1 Å².